The number of pyridine rings is 1. The lowest BCUT2D eigenvalue weighted by atomic mass is 10.3. The van der Waals surface area contributed by atoms with E-state index in [0.717, 1.165) is 10.00 Å². The molecular formula is C14H17N3O3S. The van der Waals surface area contributed by atoms with Crippen LogP contribution in [0.5, 0.6) is 11.5 Å². The highest BCUT2D eigenvalue weighted by Crippen LogP contribution is 2.31. The van der Waals surface area contributed by atoms with Crippen molar-refractivity contribution in [2.75, 3.05) is 19.8 Å². The van der Waals surface area contributed by atoms with E-state index < -0.39 is 10.0 Å². The number of anilines is 1. The molecule has 1 aromatic carbocycles. The molecular weight excluding hydrogens is 290 g/mol. The molecule has 0 aliphatic rings. The van der Waals surface area contributed by atoms with Gasteiger partial charge in [0.1, 0.15) is 11.5 Å². The van der Waals surface area contributed by atoms with E-state index in [2.05, 4.69) is 4.98 Å². The second-order valence-electron chi connectivity index (χ2n) is 4.68. The monoisotopic (exact) mass is 307 g/mol. The second kappa shape index (κ2) is 5.71. The van der Waals surface area contributed by atoms with Crippen molar-refractivity contribution >= 4 is 15.7 Å². The first-order valence-electron chi connectivity index (χ1n) is 6.24. The summed E-state index contributed by atoms with van der Waals surface area (Å²) in [6, 6.07) is 7.91. The molecule has 0 atom stereocenters. The predicted octanol–water partition coefficient (Wildman–Crippen LogP) is 2.01. The van der Waals surface area contributed by atoms with Gasteiger partial charge in [-0.2, -0.15) is 0 Å². The highest BCUT2D eigenvalue weighted by atomic mass is 32.2. The number of benzene rings is 1. The summed E-state index contributed by atoms with van der Waals surface area (Å²) in [4.78, 5) is 4.24. The number of aryl methyl sites for hydroxylation is 1. The van der Waals surface area contributed by atoms with Gasteiger partial charge in [0.05, 0.1) is 16.3 Å². The third-order valence-corrected chi connectivity index (χ3v) is 4.75. The van der Waals surface area contributed by atoms with Crippen LogP contribution in [0.4, 0.5) is 5.69 Å². The first-order chi connectivity index (χ1) is 9.82. The smallest absolute Gasteiger partial charge is 0.242 e. The van der Waals surface area contributed by atoms with Crippen LogP contribution < -0.4 is 10.5 Å². The Morgan fingerprint density at radius 1 is 1.19 bits per heavy atom. The molecule has 0 fully saturated rings. The molecule has 0 amide bonds. The quantitative estimate of drug-likeness (QED) is 0.873. The lowest BCUT2D eigenvalue weighted by molar-refractivity contribution is 0.477. The molecule has 112 valence electrons. The summed E-state index contributed by atoms with van der Waals surface area (Å²) in [7, 11) is -0.577. The average Bonchev–Trinajstić information content (AvgIpc) is 2.43. The van der Waals surface area contributed by atoms with Crippen molar-refractivity contribution in [3.8, 4) is 11.5 Å². The number of ether oxygens (including phenoxy) is 1. The molecule has 7 heteroatoms. The van der Waals surface area contributed by atoms with Crippen LogP contribution in [0, 0.1) is 6.92 Å². The van der Waals surface area contributed by atoms with Crippen LogP contribution in [0.2, 0.25) is 0 Å². The summed E-state index contributed by atoms with van der Waals surface area (Å²) in [5.41, 5.74) is 6.86. The fourth-order valence-electron chi connectivity index (χ4n) is 1.69. The Hall–Kier alpha value is -2.12. The zero-order valence-electron chi connectivity index (χ0n) is 12.1. The minimum atomic E-state index is -3.51. The molecule has 2 aromatic rings. The molecule has 6 nitrogen and oxygen atoms in total. The number of sulfonamides is 1. The normalized spacial score (nSPS) is 11.6. The van der Waals surface area contributed by atoms with E-state index in [9.17, 15) is 8.42 Å². The Labute approximate surface area is 124 Å². The molecule has 0 aliphatic carbocycles. The molecule has 0 unspecified atom stereocenters. The topological polar surface area (TPSA) is 85.5 Å². The number of nitrogen functional groups attached to an aromatic ring is 1. The minimum absolute atomic E-state index is 0.125. The van der Waals surface area contributed by atoms with Crippen LogP contribution >= 0.6 is 0 Å². The van der Waals surface area contributed by atoms with Gasteiger partial charge in [0, 0.05) is 20.3 Å². The third-order valence-electron chi connectivity index (χ3n) is 2.94. The van der Waals surface area contributed by atoms with E-state index in [0.29, 0.717) is 11.5 Å². The predicted molar refractivity (Wildman–Crippen MR) is 80.8 cm³/mol. The lowest BCUT2D eigenvalue weighted by Gasteiger charge is -2.14. The van der Waals surface area contributed by atoms with Crippen molar-refractivity contribution in [2.24, 2.45) is 0 Å². The number of aromatic nitrogens is 1. The average molecular weight is 307 g/mol. The van der Waals surface area contributed by atoms with E-state index in [1.165, 1.54) is 32.3 Å². The van der Waals surface area contributed by atoms with Crippen LogP contribution in [-0.4, -0.2) is 31.8 Å². The summed E-state index contributed by atoms with van der Waals surface area (Å²) in [5.74, 6) is 0.969. The zero-order chi connectivity index (χ0) is 15.6. The van der Waals surface area contributed by atoms with Gasteiger partial charge in [-0.05, 0) is 37.3 Å². The molecule has 0 saturated carbocycles. The van der Waals surface area contributed by atoms with Gasteiger partial charge < -0.3 is 10.5 Å². The number of rotatable bonds is 4. The largest absolute Gasteiger partial charge is 0.453 e. The Kier molecular flexibility index (Phi) is 4.15. The van der Waals surface area contributed by atoms with Gasteiger partial charge in [0.15, 0.2) is 0 Å². The van der Waals surface area contributed by atoms with Gasteiger partial charge in [0.25, 0.3) is 0 Å². The van der Waals surface area contributed by atoms with Gasteiger partial charge in [-0.15, -0.1) is 0 Å². The van der Waals surface area contributed by atoms with E-state index in [1.54, 1.807) is 18.3 Å². The first kappa shape index (κ1) is 15.3. The number of hydrogen-bond donors (Lipinski definition) is 1. The zero-order valence-corrected chi connectivity index (χ0v) is 12.9. The number of nitrogens with two attached hydrogens (primary N) is 1. The number of hydrogen-bond acceptors (Lipinski definition) is 5. The highest BCUT2D eigenvalue weighted by Gasteiger charge is 2.18. The van der Waals surface area contributed by atoms with Crippen molar-refractivity contribution in [3.63, 3.8) is 0 Å². The van der Waals surface area contributed by atoms with E-state index in [-0.39, 0.29) is 10.6 Å². The molecule has 1 aromatic heterocycles. The van der Waals surface area contributed by atoms with Crippen molar-refractivity contribution in [2.45, 2.75) is 11.8 Å². The standard InChI is InChI=1S/C14H17N3O3S/c1-10-13(5-4-8-16-10)20-14-7-6-11(9-12(14)15)21(18,19)17(2)3/h4-9H,15H2,1-3H3. The maximum atomic E-state index is 12.0. The van der Waals surface area contributed by atoms with Crippen LogP contribution in [0.25, 0.3) is 0 Å². The molecule has 1 heterocycles. The van der Waals surface area contributed by atoms with E-state index >= 15 is 0 Å². The highest BCUT2D eigenvalue weighted by molar-refractivity contribution is 7.89. The molecule has 0 radical (unpaired) electrons. The summed E-state index contributed by atoms with van der Waals surface area (Å²) in [6.45, 7) is 1.82. The summed E-state index contributed by atoms with van der Waals surface area (Å²) in [6.07, 6.45) is 1.66. The summed E-state index contributed by atoms with van der Waals surface area (Å²) < 4.78 is 30.9. The van der Waals surface area contributed by atoms with Crippen molar-refractivity contribution < 1.29 is 13.2 Å². The van der Waals surface area contributed by atoms with Gasteiger partial charge in [-0.25, -0.2) is 12.7 Å². The molecule has 0 saturated heterocycles. The Morgan fingerprint density at radius 2 is 1.90 bits per heavy atom. The lowest BCUT2D eigenvalue weighted by Crippen LogP contribution is -2.22. The molecule has 21 heavy (non-hydrogen) atoms. The summed E-state index contributed by atoms with van der Waals surface area (Å²) in [5, 5.41) is 0. The van der Waals surface area contributed by atoms with Gasteiger partial charge in [0.2, 0.25) is 10.0 Å². The van der Waals surface area contributed by atoms with E-state index in [1.807, 2.05) is 6.92 Å². The SMILES string of the molecule is Cc1ncccc1Oc1ccc(S(=O)(=O)N(C)C)cc1N. The maximum Gasteiger partial charge on any atom is 0.242 e. The van der Waals surface area contributed by atoms with Crippen molar-refractivity contribution in [3.05, 3.63) is 42.2 Å². The van der Waals surface area contributed by atoms with Crippen LogP contribution in [0.1, 0.15) is 5.69 Å². The minimum Gasteiger partial charge on any atom is -0.453 e. The Balaban J connectivity index is 2.35. The molecule has 0 spiro atoms. The van der Waals surface area contributed by atoms with Crippen molar-refractivity contribution in [1.82, 2.24) is 9.29 Å². The van der Waals surface area contributed by atoms with Gasteiger partial charge in [-0.1, -0.05) is 0 Å². The van der Waals surface area contributed by atoms with Gasteiger partial charge in [-0.3, -0.25) is 4.98 Å². The number of nitrogens with zero attached hydrogens (tertiary/aromatic N) is 2. The molecule has 2 N–H and O–H groups in total. The van der Waals surface area contributed by atoms with Crippen LogP contribution in [-0.2, 0) is 10.0 Å². The second-order valence-corrected chi connectivity index (χ2v) is 6.83. The molecule has 0 bridgehead atoms. The fraction of sp³-hybridized carbons (Fsp3) is 0.214. The van der Waals surface area contributed by atoms with Gasteiger partial charge >= 0.3 is 0 Å². The summed E-state index contributed by atoms with van der Waals surface area (Å²) >= 11 is 0. The molecule has 2 rings (SSSR count). The maximum absolute atomic E-state index is 12.0. The first-order valence-corrected chi connectivity index (χ1v) is 7.68. The molecule has 0 aliphatic heterocycles. The van der Waals surface area contributed by atoms with E-state index in [4.69, 9.17) is 10.5 Å². The Bertz CT molecular complexity index is 758. The van der Waals surface area contributed by atoms with Crippen LogP contribution in [0.15, 0.2) is 41.4 Å². The fourth-order valence-corrected chi connectivity index (χ4v) is 2.62. The van der Waals surface area contributed by atoms with Crippen LogP contribution in [0.3, 0.4) is 0 Å². The van der Waals surface area contributed by atoms with Crippen molar-refractivity contribution in [1.29, 1.82) is 0 Å². The Morgan fingerprint density at radius 3 is 2.48 bits per heavy atom. The third kappa shape index (κ3) is 3.14.